The molecule has 3 aromatic carbocycles. The minimum absolute atomic E-state index is 0.284. The molecule has 2 aliphatic heterocycles. The first-order valence-corrected chi connectivity index (χ1v) is 15.4. The number of benzene rings is 3. The smallest absolute Gasteiger partial charge is 0.119 e. The standard InChI is InChI=1S/C33H39N3O3S/c1-34(26-8-13-29(14-9-26)39-23-21-36-18-4-5-19-36)32-30-15-10-27(37)24-31(30)40-33(32)25-6-11-28(12-7-25)38-22-20-35-16-2-3-17-35/h6-15,24,37H,2-5,16-23H2,1H3. The number of anilines is 2. The maximum Gasteiger partial charge on any atom is 0.119 e. The van der Waals surface area contributed by atoms with Crippen LogP contribution in [0.4, 0.5) is 11.4 Å². The molecule has 1 aromatic heterocycles. The van der Waals surface area contributed by atoms with Crippen LogP contribution < -0.4 is 14.4 Å². The lowest BCUT2D eigenvalue weighted by atomic mass is 10.1. The summed E-state index contributed by atoms with van der Waals surface area (Å²) in [5.41, 5.74) is 3.35. The molecule has 2 fully saturated rings. The monoisotopic (exact) mass is 557 g/mol. The van der Waals surface area contributed by atoms with Crippen molar-refractivity contribution in [3.63, 3.8) is 0 Å². The van der Waals surface area contributed by atoms with E-state index in [4.69, 9.17) is 9.47 Å². The van der Waals surface area contributed by atoms with E-state index in [9.17, 15) is 5.11 Å². The fraction of sp³-hybridized carbons (Fsp3) is 0.394. The van der Waals surface area contributed by atoms with E-state index in [0.717, 1.165) is 63.1 Å². The predicted molar refractivity (Wildman–Crippen MR) is 166 cm³/mol. The molecule has 0 radical (unpaired) electrons. The zero-order chi connectivity index (χ0) is 27.3. The predicted octanol–water partition coefficient (Wildman–Crippen LogP) is 6.99. The highest BCUT2D eigenvalue weighted by Crippen LogP contribution is 2.47. The van der Waals surface area contributed by atoms with Crippen LogP contribution >= 0.6 is 11.3 Å². The molecule has 40 heavy (non-hydrogen) atoms. The number of likely N-dealkylation sites (tertiary alicyclic amines) is 2. The molecule has 0 amide bonds. The van der Waals surface area contributed by atoms with Crippen molar-refractivity contribution in [2.24, 2.45) is 0 Å². The van der Waals surface area contributed by atoms with Crippen LogP contribution in [0.15, 0.2) is 66.7 Å². The summed E-state index contributed by atoms with van der Waals surface area (Å²) in [7, 11) is 2.11. The van der Waals surface area contributed by atoms with Gasteiger partial charge in [0.15, 0.2) is 0 Å². The summed E-state index contributed by atoms with van der Waals surface area (Å²) in [5.74, 6) is 2.08. The Bertz CT molecular complexity index is 1390. The van der Waals surface area contributed by atoms with Gasteiger partial charge in [0.1, 0.15) is 30.5 Å². The second-order valence-corrected chi connectivity index (χ2v) is 11.9. The number of phenols is 1. The van der Waals surface area contributed by atoms with Crippen LogP contribution in [0.3, 0.4) is 0 Å². The van der Waals surface area contributed by atoms with E-state index in [1.54, 1.807) is 17.4 Å². The van der Waals surface area contributed by atoms with Gasteiger partial charge in [0, 0.05) is 35.9 Å². The van der Waals surface area contributed by atoms with E-state index < -0.39 is 0 Å². The molecule has 3 heterocycles. The summed E-state index contributed by atoms with van der Waals surface area (Å²) in [6.45, 7) is 8.17. The third-order valence-electron chi connectivity index (χ3n) is 8.07. The molecule has 2 aliphatic rings. The van der Waals surface area contributed by atoms with Crippen LogP contribution in [0, 0.1) is 0 Å². The van der Waals surface area contributed by atoms with Crippen LogP contribution in [0.2, 0.25) is 0 Å². The molecule has 0 atom stereocenters. The second kappa shape index (κ2) is 12.5. The third-order valence-corrected chi connectivity index (χ3v) is 9.26. The van der Waals surface area contributed by atoms with E-state index in [1.165, 1.54) is 51.9 Å². The van der Waals surface area contributed by atoms with Crippen LogP contribution in [-0.2, 0) is 0 Å². The van der Waals surface area contributed by atoms with Gasteiger partial charge in [-0.2, -0.15) is 0 Å². The number of ether oxygens (including phenoxy) is 2. The number of phenolic OH excluding ortho intramolecular Hbond substituents is 1. The Labute approximate surface area is 241 Å². The summed E-state index contributed by atoms with van der Waals surface area (Å²) >= 11 is 1.70. The SMILES string of the molecule is CN(c1ccc(OCCN2CCCC2)cc1)c1c(-c2ccc(OCCN3CCCC3)cc2)sc2cc(O)ccc12. The van der Waals surface area contributed by atoms with E-state index in [1.807, 2.05) is 12.1 Å². The first-order valence-electron chi connectivity index (χ1n) is 14.5. The van der Waals surface area contributed by atoms with Gasteiger partial charge in [-0.3, -0.25) is 9.80 Å². The fourth-order valence-corrected chi connectivity index (χ4v) is 7.07. The van der Waals surface area contributed by atoms with Crippen molar-refractivity contribution in [1.82, 2.24) is 9.80 Å². The molecule has 6 rings (SSSR count). The molecule has 0 aliphatic carbocycles. The van der Waals surface area contributed by atoms with E-state index in [2.05, 4.69) is 70.3 Å². The molecule has 2 saturated heterocycles. The number of rotatable bonds is 11. The van der Waals surface area contributed by atoms with Crippen molar-refractivity contribution in [2.75, 3.05) is 64.4 Å². The van der Waals surface area contributed by atoms with Crippen molar-refractivity contribution in [1.29, 1.82) is 0 Å². The van der Waals surface area contributed by atoms with E-state index in [0.29, 0.717) is 6.61 Å². The van der Waals surface area contributed by atoms with Crippen molar-refractivity contribution in [3.05, 3.63) is 66.7 Å². The molecular weight excluding hydrogens is 518 g/mol. The zero-order valence-electron chi connectivity index (χ0n) is 23.3. The molecular formula is C33H39N3O3S. The zero-order valence-corrected chi connectivity index (χ0v) is 24.2. The van der Waals surface area contributed by atoms with Gasteiger partial charge in [-0.15, -0.1) is 11.3 Å². The van der Waals surface area contributed by atoms with Crippen LogP contribution in [0.25, 0.3) is 20.5 Å². The largest absolute Gasteiger partial charge is 0.508 e. The Kier molecular flexibility index (Phi) is 8.42. The average molecular weight is 558 g/mol. The van der Waals surface area contributed by atoms with Gasteiger partial charge in [-0.25, -0.2) is 0 Å². The first kappa shape index (κ1) is 26.9. The lowest BCUT2D eigenvalue weighted by Crippen LogP contribution is -2.25. The van der Waals surface area contributed by atoms with Gasteiger partial charge in [0.2, 0.25) is 0 Å². The summed E-state index contributed by atoms with van der Waals surface area (Å²) in [5, 5.41) is 11.3. The van der Waals surface area contributed by atoms with Crippen LogP contribution in [0.1, 0.15) is 25.7 Å². The number of nitrogens with zero attached hydrogens (tertiary/aromatic N) is 3. The van der Waals surface area contributed by atoms with Gasteiger partial charge in [0.25, 0.3) is 0 Å². The van der Waals surface area contributed by atoms with Gasteiger partial charge in [-0.05, 0) is 124 Å². The lowest BCUT2D eigenvalue weighted by molar-refractivity contribution is 0.237. The van der Waals surface area contributed by atoms with Crippen molar-refractivity contribution < 1.29 is 14.6 Å². The average Bonchev–Trinajstić information content (AvgIpc) is 3.75. The number of fused-ring (bicyclic) bond motifs is 1. The van der Waals surface area contributed by atoms with E-state index in [-0.39, 0.29) is 5.75 Å². The van der Waals surface area contributed by atoms with Gasteiger partial charge < -0.3 is 19.5 Å². The minimum Gasteiger partial charge on any atom is -0.508 e. The normalized spacial score (nSPS) is 16.1. The molecule has 6 nitrogen and oxygen atoms in total. The molecule has 7 heteroatoms. The molecule has 0 saturated carbocycles. The summed E-state index contributed by atoms with van der Waals surface area (Å²) in [4.78, 5) is 8.34. The maximum absolute atomic E-state index is 10.2. The van der Waals surface area contributed by atoms with Crippen LogP contribution in [-0.4, -0.2) is 74.4 Å². The minimum atomic E-state index is 0.284. The van der Waals surface area contributed by atoms with Crippen molar-refractivity contribution in [2.45, 2.75) is 25.7 Å². The van der Waals surface area contributed by atoms with Crippen LogP contribution in [0.5, 0.6) is 17.2 Å². The molecule has 0 spiro atoms. The Hall–Kier alpha value is -3.26. The third kappa shape index (κ3) is 6.22. The van der Waals surface area contributed by atoms with Crippen molar-refractivity contribution >= 4 is 32.8 Å². The molecule has 1 N–H and O–H groups in total. The van der Waals surface area contributed by atoms with E-state index >= 15 is 0 Å². The highest BCUT2D eigenvalue weighted by molar-refractivity contribution is 7.23. The highest BCUT2D eigenvalue weighted by atomic mass is 32.1. The lowest BCUT2D eigenvalue weighted by Gasteiger charge is -2.22. The number of aromatic hydroxyl groups is 1. The topological polar surface area (TPSA) is 48.4 Å². The first-order chi connectivity index (χ1) is 19.6. The second-order valence-electron chi connectivity index (χ2n) is 10.8. The van der Waals surface area contributed by atoms with Gasteiger partial charge in [-0.1, -0.05) is 0 Å². The number of hydrogen-bond donors (Lipinski definition) is 1. The molecule has 0 unspecified atom stereocenters. The highest BCUT2D eigenvalue weighted by Gasteiger charge is 2.20. The summed E-state index contributed by atoms with van der Waals surface area (Å²) in [6.07, 6.45) is 5.21. The van der Waals surface area contributed by atoms with Gasteiger partial charge >= 0.3 is 0 Å². The Morgan fingerprint density at radius 3 is 1.88 bits per heavy atom. The summed E-state index contributed by atoms with van der Waals surface area (Å²) in [6, 6.07) is 22.4. The number of hydrogen-bond acceptors (Lipinski definition) is 7. The van der Waals surface area contributed by atoms with Crippen molar-refractivity contribution in [3.8, 4) is 27.7 Å². The fourth-order valence-electron chi connectivity index (χ4n) is 5.80. The Balaban J connectivity index is 1.19. The summed E-state index contributed by atoms with van der Waals surface area (Å²) < 4.78 is 13.1. The molecule has 210 valence electrons. The number of thiophene rings is 1. The molecule has 0 bridgehead atoms. The maximum atomic E-state index is 10.2. The Morgan fingerprint density at radius 1 is 0.750 bits per heavy atom. The van der Waals surface area contributed by atoms with Gasteiger partial charge in [0.05, 0.1) is 10.6 Å². The Morgan fingerprint density at radius 2 is 1.30 bits per heavy atom. The quantitative estimate of drug-likeness (QED) is 0.214. The molecule has 4 aromatic rings.